The normalized spacial score (nSPS) is 39.5. The summed E-state index contributed by atoms with van der Waals surface area (Å²) in [5, 5.41) is 8.56. The number of hydrogen-bond acceptors (Lipinski definition) is 1. The van der Waals surface area contributed by atoms with Gasteiger partial charge in [0.05, 0.1) is 6.07 Å². The maximum atomic E-state index is 8.56. The second-order valence-electron chi connectivity index (χ2n) is 3.43. The lowest BCUT2D eigenvalue weighted by molar-refractivity contribution is 0.523. The highest BCUT2D eigenvalue weighted by Gasteiger charge is 2.38. The summed E-state index contributed by atoms with van der Waals surface area (Å²) < 4.78 is 0. The molecule has 3 atom stereocenters. The first kappa shape index (κ1) is 6.67. The van der Waals surface area contributed by atoms with E-state index in [1.165, 1.54) is 12.0 Å². The first-order valence-electron chi connectivity index (χ1n) is 4.07. The van der Waals surface area contributed by atoms with Gasteiger partial charge in [-0.25, -0.2) is 0 Å². The molecule has 1 saturated carbocycles. The Kier molecular flexibility index (Phi) is 1.35. The van der Waals surface area contributed by atoms with Crippen LogP contribution in [0.25, 0.3) is 0 Å². The molecule has 2 aliphatic rings. The molecule has 2 rings (SSSR count). The van der Waals surface area contributed by atoms with Gasteiger partial charge in [0.15, 0.2) is 0 Å². The van der Waals surface area contributed by atoms with E-state index in [-0.39, 0.29) is 0 Å². The Labute approximate surface area is 67.0 Å². The van der Waals surface area contributed by atoms with Crippen LogP contribution >= 0.6 is 0 Å². The molecule has 0 aliphatic heterocycles. The fourth-order valence-corrected chi connectivity index (χ4v) is 2.23. The van der Waals surface area contributed by atoms with Gasteiger partial charge in [-0.2, -0.15) is 5.26 Å². The molecule has 1 nitrogen and oxygen atoms in total. The van der Waals surface area contributed by atoms with E-state index >= 15 is 0 Å². The summed E-state index contributed by atoms with van der Waals surface area (Å²) in [4.78, 5) is 0. The Balaban J connectivity index is 2.20. The summed E-state index contributed by atoms with van der Waals surface area (Å²) in [5.74, 6) is 1.69. The molecule has 0 amide bonds. The van der Waals surface area contributed by atoms with E-state index in [0.29, 0.717) is 24.2 Å². The zero-order valence-corrected chi connectivity index (χ0v) is 6.46. The van der Waals surface area contributed by atoms with Crippen LogP contribution in [-0.2, 0) is 0 Å². The molecular weight excluding hydrogens is 134 g/mol. The Morgan fingerprint density at radius 1 is 1.64 bits per heavy atom. The zero-order valence-electron chi connectivity index (χ0n) is 6.46. The van der Waals surface area contributed by atoms with Gasteiger partial charge >= 0.3 is 0 Å². The third-order valence-corrected chi connectivity index (χ3v) is 2.90. The molecule has 0 spiro atoms. The Morgan fingerprint density at radius 3 is 3.00 bits per heavy atom. The first-order chi connectivity index (χ1) is 5.33. The molecule has 0 radical (unpaired) electrons. The van der Waals surface area contributed by atoms with Gasteiger partial charge in [0, 0.05) is 6.42 Å². The van der Waals surface area contributed by atoms with E-state index in [4.69, 9.17) is 5.26 Å². The van der Waals surface area contributed by atoms with Crippen molar-refractivity contribution in [2.45, 2.75) is 12.8 Å². The minimum absolute atomic E-state index is 0.468. The van der Waals surface area contributed by atoms with E-state index in [1.807, 2.05) is 0 Å². The van der Waals surface area contributed by atoms with Crippen molar-refractivity contribution in [2.24, 2.45) is 17.8 Å². The van der Waals surface area contributed by atoms with Gasteiger partial charge in [0.25, 0.3) is 0 Å². The molecule has 0 aromatic heterocycles. The van der Waals surface area contributed by atoms with Crippen LogP contribution in [0.1, 0.15) is 12.8 Å². The first-order valence-corrected chi connectivity index (χ1v) is 4.07. The monoisotopic (exact) mass is 145 g/mol. The van der Waals surface area contributed by atoms with E-state index in [9.17, 15) is 0 Å². The molecule has 11 heavy (non-hydrogen) atoms. The van der Waals surface area contributed by atoms with Crippen molar-refractivity contribution in [3.05, 3.63) is 24.3 Å². The molecule has 1 heteroatoms. The van der Waals surface area contributed by atoms with E-state index in [0.717, 1.165) is 0 Å². The van der Waals surface area contributed by atoms with Crippen LogP contribution in [0.3, 0.4) is 0 Å². The fraction of sp³-hybridized carbons (Fsp3) is 0.500. The van der Waals surface area contributed by atoms with Crippen molar-refractivity contribution in [3.63, 3.8) is 0 Å². The molecule has 2 aliphatic carbocycles. The maximum absolute atomic E-state index is 8.56. The van der Waals surface area contributed by atoms with Crippen molar-refractivity contribution >= 4 is 0 Å². The molecule has 56 valence electrons. The molecule has 1 fully saturated rings. The highest BCUT2D eigenvalue weighted by Crippen LogP contribution is 2.47. The van der Waals surface area contributed by atoms with Crippen LogP contribution in [0.15, 0.2) is 24.3 Å². The predicted molar refractivity (Wildman–Crippen MR) is 43.6 cm³/mol. The van der Waals surface area contributed by atoms with Gasteiger partial charge in [0.1, 0.15) is 0 Å². The fourth-order valence-electron chi connectivity index (χ4n) is 2.23. The second kappa shape index (κ2) is 2.23. The number of allylic oxidation sites excluding steroid dienone is 3. The lowest BCUT2D eigenvalue weighted by atomic mass is 9.87. The van der Waals surface area contributed by atoms with Gasteiger partial charge in [-0.1, -0.05) is 24.3 Å². The minimum Gasteiger partial charge on any atom is -0.198 e. The summed E-state index contributed by atoms with van der Waals surface area (Å²) in [7, 11) is 0. The van der Waals surface area contributed by atoms with E-state index < -0.39 is 0 Å². The van der Waals surface area contributed by atoms with Crippen LogP contribution in [0.2, 0.25) is 0 Å². The van der Waals surface area contributed by atoms with Crippen molar-refractivity contribution in [3.8, 4) is 6.07 Å². The van der Waals surface area contributed by atoms with Crippen LogP contribution in [0, 0.1) is 29.1 Å². The highest BCUT2D eigenvalue weighted by molar-refractivity contribution is 5.29. The minimum atomic E-state index is 0.468. The van der Waals surface area contributed by atoms with Crippen LogP contribution in [0.4, 0.5) is 0 Å². The van der Waals surface area contributed by atoms with Gasteiger partial charge in [-0.15, -0.1) is 0 Å². The third kappa shape index (κ3) is 0.826. The second-order valence-corrected chi connectivity index (χ2v) is 3.43. The van der Waals surface area contributed by atoms with Gasteiger partial charge in [0.2, 0.25) is 0 Å². The zero-order chi connectivity index (χ0) is 7.84. The number of hydrogen-bond donors (Lipinski definition) is 0. The summed E-state index contributed by atoms with van der Waals surface area (Å²) in [6.45, 7) is 4.03. The highest BCUT2D eigenvalue weighted by atomic mass is 14.4. The lowest BCUT2D eigenvalue weighted by Crippen LogP contribution is -2.08. The molecule has 0 heterocycles. The topological polar surface area (TPSA) is 23.8 Å². The third-order valence-electron chi connectivity index (χ3n) is 2.90. The SMILES string of the molecule is C=C1[C@@H]2C=C[C@@H](C2)[C@@H]1CC#N. The van der Waals surface area contributed by atoms with Crippen molar-refractivity contribution in [1.29, 1.82) is 5.26 Å². The summed E-state index contributed by atoms with van der Waals surface area (Å²) in [6.07, 6.45) is 6.36. The molecule has 0 N–H and O–H groups in total. The quantitative estimate of drug-likeness (QED) is 0.519. The molecular formula is C10H11N. The van der Waals surface area contributed by atoms with Crippen molar-refractivity contribution < 1.29 is 0 Å². The Hall–Kier alpha value is -1.03. The summed E-state index contributed by atoms with van der Waals surface area (Å²) in [5.41, 5.74) is 1.29. The summed E-state index contributed by atoms with van der Waals surface area (Å²) in [6, 6.07) is 2.23. The molecule has 2 bridgehead atoms. The van der Waals surface area contributed by atoms with Crippen molar-refractivity contribution in [1.82, 2.24) is 0 Å². The van der Waals surface area contributed by atoms with Gasteiger partial charge in [-0.3, -0.25) is 0 Å². The van der Waals surface area contributed by atoms with Crippen LogP contribution < -0.4 is 0 Å². The number of nitrogens with zero attached hydrogens (tertiary/aromatic N) is 1. The Morgan fingerprint density at radius 2 is 2.45 bits per heavy atom. The standard InChI is InChI=1S/C10H11N/c1-7-8-2-3-9(6-8)10(7)4-5-11/h2-3,8-10H,1,4,6H2/t8-,9+,10-/m1/s1. The average molecular weight is 145 g/mol. The maximum Gasteiger partial charge on any atom is 0.0628 e. The summed E-state index contributed by atoms with van der Waals surface area (Å²) >= 11 is 0. The number of rotatable bonds is 1. The van der Waals surface area contributed by atoms with E-state index in [2.05, 4.69) is 24.8 Å². The lowest BCUT2D eigenvalue weighted by Gasteiger charge is -2.16. The number of nitriles is 1. The van der Waals surface area contributed by atoms with Gasteiger partial charge in [-0.05, 0) is 24.2 Å². The van der Waals surface area contributed by atoms with E-state index in [1.54, 1.807) is 0 Å². The molecule has 0 saturated heterocycles. The largest absolute Gasteiger partial charge is 0.198 e. The predicted octanol–water partition coefficient (Wildman–Crippen LogP) is 2.28. The van der Waals surface area contributed by atoms with Gasteiger partial charge < -0.3 is 0 Å². The molecule has 0 aromatic rings. The molecule has 0 aromatic carbocycles. The number of fused-ring (bicyclic) bond motifs is 2. The smallest absolute Gasteiger partial charge is 0.0628 e. The Bertz CT molecular complexity index is 257. The van der Waals surface area contributed by atoms with Crippen molar-refractivity contribution in [2.75, 3.05) is 0 Å². The molecule has 0 unspecified atom stereocenters. The van der Waals surface area contributed by atoms with Crippen LogP contribution in [-0.4, -0.2) is 0 Å². The van der Waals surface area contributed by atoms with Crippen LogP contribution in [0.5, 0.6) is 0 Å². The average Bonchev–Trinajstić information content (AvgIpc) is 2.54.